The quantitative estimate of drug-likeness (QED) is 0.750. The van der Waals surface area contributed by atoms with Gasteiger partial charge in [-0.05, 0) is 43.4 Å². The molecule has 28 heavy (non-hydrogen) atoms. The van der Waals surface area contributed by atoms with Gasteiger partial charge in [0.2, 0.25) is 5.95 Å². The van der Waals surface area contributed by atoms with Crippen LogP contribution in [0.25, 0.3) is 11.0 Å². The van der Waals surface area contributed by atoms with Gasteiger partial charge in [0.05, 0.1) is 23.3 Å². The molecule has 146 valence electrons. The van der Waals surface area contributed by atoms with E-state index in [0.717, 1.165) is 73.8 Å². The highest BCUT2D eigenvalue weighted by atomic mass is 16.1. The van der Waals surface area contributed by atoms with E-state index in [-0.39, 0.29) is 5.56 Å². The summed E-state index contributed by atoms with van der Waals surface area (Å²) in [5, 5.41) is 4.64. The minimum absolute atomic E-state index is 0.0431. The fourth-order valence-corrected chi connectivity index (χ4v) is 4.27. The van der Waals surface area contributed by atoms with Crippen molar-refractivity contribution in [3.05, 3.63) is 51.9 Å². The lowest BCUT2D eigenvalue weighted by Crippen LogP contribution is -2.48. The highest BCUT2D eigenvalue weighted by Gasteiger charge is 2.20. The second-order valence-electron chi connectivity index (χ2n) is 7.79. The van der Waals surface area contributed by atoms with E-state index in [9.17, 15) is 4.79 Å². The van der Waals surface area contributed by atoms with E-state index < -0.39 is 0 Å². The number of rotatable bonds is 4. The van der Waals surface area contributed by atoms with Gasteiger partial charge < -0.3 is 9.88 Å². The topological polar surface area (TPSA) is 70.1 Å². The molecule has 1 aliphatic heterocycles. The lowest BCUT2D eigenvalue weighted by atomic mass is 9.97. The van der Waals surface area contributed by atoms with Crippen LogP contribution in [0.15, 0.2) is 35.1 Å². The van der Waals surface area contributed by atoms with Gasteiger partial charge in [0.15, 0.2) is 0 Å². The van der Waals surface area contributed by atoms with Gasteiger partial charge in [-0.1, -0.05) is 12.1 Å². The van der Waals surface area contributed by atoms with Gasteiger partial charge in [0.25, 0.3) is 5.56 Å². The molecule has 0 saturated carbocycles. The van der Waals surface area contributed by atoms with Crippen molar-refractivity contribution in [3.63, 3.8) is 0 Å². The first-order valence-corrected chi connectivity index (χ1v) is 10.3. The Morgan fingerprint density at radius 2 is 1.82 bits per heavy atom. The lowest BCUT2D eigenvalue weighted by Gasteiger charge is -2.34. The van der Waals surface area contributed by atoms with Gasteiger partial charge in [0.1, 0.15) is 0 Å². The van der Waals surface area contributed by atoms with Crippen LogP contribution in [-0.4, -0.2) is 57.4 Å². The zero-order valence-electron chi connectivity index (χ0n) is 16.1. The van der Waals surface area contributed by atoms with Crippen LogP contribution in [0.4, 0.5) is 5.95 Å². The zero-order valence-corrected chi connectivity index (χ0v) is 16.1. The summed E-state index contributed by atoms with van der Waals surface area (Å²) >= 11 is 0. The highest BCUT2D eigenvalue weighted by Crippen LogP contribution is 2.19. The molecule has 3 heterocycles. The number of nitrogens with zero attached hydrogens (tertiary/aromatic N) is 5. The van der Waals surface area contributed by atoms with Crippen LogP contribution in [-0.2, 0) is 19.4 Å². The van der Waals surface area contributed by atoms with Crippen LogP contribution in [0.2, 0.25) is 0 Å². The number of aryl methyl sites for hydroxylation is 2. The second-order valence-corrected chi connectivity index (χ2v) is 7.79. The van der Waals surface area contributed by atoms with E-state index in [2.05, 4.69) is 25.9 Å². The van der Waals surface area contributed by atoms with Crippen LogP contribution in [0.5, 0.6) is 0 Å². The number of benzene rings is 1. The molecule has 0 spiro atoms. The minimum atomic E-state index is 0.0431. The summed E-state index contributed by atoms with van der Waals surface area (Å²) in [5.74, 6) is 0.952. The molecule has 5 rings (SSSR count). The lowest BCUT2D eigenvalue weighted by molar-refractivity contribution is 0.241. The molecular formula is C21H26N6O. The van der Waals surface area contributed by atoms with Crippen molar-refractivity contribution in [1.29, 1.82) is 0 Å². The van der Waals surface area contributed by atoms with E-state index in [0.29, 0.717) is 6.54 Å². The summed E-state index contributed by atoms with van der Waals surface area (Å²) in [5.41, 5.74) is 4.42. The Morgan fingerprint density at radius 1 is 1.00 bits per heavy atom. The Kier molecular flexibility index (Phi) is 4.60. The Balaban J connectivity index is 1.19. The van der Waals surface area contributed by atoms with Crippen molar-refractivity contribution in [2.45, 2.75) is 32.2 Å². The average molecular weight is 378 g/mol. The molecule has 1 N–H and O–H groups in total. The van der Waals surface area contributed by atoms with Crippen molar-refractivity contribution in [2.24, 2.45) is 0 Å². The van der Waals surface area contributed by atoms with Crippen LogP contribution in [0, 0.1) is 0 Å². The molecule has 0 atom stereocenters. The number of aromatic amines is 1. The number of anilines is 1. The van der Waals surface area contributed by atoms with Gasteiger partial charge in [0, 0.05) is 38.8 Å². The Bertz CT molecular complexity index is 998. The molecule has 7 heteroatoms. The first kappa shape index (κ1) is 17.4. The number of para-hydroxylation sites is 2. The van der Waals surface area contributed by atoms with E-state index in [1.54, 1.807) is 10.7 Å². The van der Waals surface area contributed by atoms with Gasteiger partial charge in [-0.25, -0.2) is 9.67 Å². The molecule has 1 saturated heterocycles. The first-order valence-electron chi connectivity index (χ1n) is 10.3. The number of hydrogen-bond donors (Lipinski definition) is 1. The molecule has 1 aliphatic carbocycles. The fourth-order valence-electron chi connectivity index (χ4n) is 4.27. The molecule has 0 bridgehead atoms. The average Bonchev–Trinajstić information content (AvgIpc) is 3.17. The second kappa shape index (κ2) is 7.39. The number of piperazine rings is 1. The normalized spacial score (nSPS) is 17.8. The molecular weight excluding hydrogens is 352 g/mol. The first-order chi connectivity index (χ1) is 13.8. The SMILES string of the molecule is O=c1cc2c(nn1CCN1CCN(c3nc4ccccc4[nH]3)CC1)CCCC2. The van der Waals surface area contributed by atoms with Gasteiger partial charge in [-0.3, -0.25) is 9.69 Å². The molecule has 0 radical (unpaired) electrons. The summed E-state index contributed by atoms with van der Waals surface area (Å²) in [4.78, 5) is 25.2. The van der Waals surface area contributed by atoms with E-state index in [1.807, 2.05) is 18.2 Å². The summed E-state index contributed by atoms with van der Waals surface area (Å²) in [6.07, 6.45) is 4.36. The zero-order chi connectivity index (χ0) is 18.9. The van der Waals surface area contributed by atoms with Crippen molar-refractivity contribution in [2.75, 3.05) is 37.6 Å². The number of aromatic nitrogens is 4. The van der Waals surface area contributed by atoms with Crippen molar-refractivity contribution >= 4 is 17.0 Å². The summed E-state index contributed by atoms with van der Waals surface area (Å²) in [6, 6.07) is 9.95. The monoisotopic (exact) mass is 378 g/mol. The Morgan fingerprint density at radius 3 is 2.68 bits per heavy atom. The van der Waals surface area contributed by atoms with Crippen LogP contribution >= 0.6 is 0 Å². The molecule has 0 unspecified atom stereocenters. The van der Waals surface area contributed by atoms with E-state index >= 15 is 0 Å². The van der Waals surface area contributed by atoms with Gasteiger partial charge >= 0.3 is 0 Å². The third-order valence-electron chi connectivity index (χ3n) is 5.95. The largest absolute Gasteiger partial charge is 0.340 e. The predicted octanol–water partition coefficient (Wildman–Crippen LogP) is 1.82. The summed E-state index contributed by atoms with van der Waals surface area (Å²) in [7, 11) is 0. The molecule has 1 fully saturated rings. The van der Waals surface area contributed by atoms with Crippen molar-refractivity contribution < 1.29 is 0 Å². The van der Waals surface area contributed by atoms with Crippen LogP contribution in [0.1, 0.15) is 24.1 Å². The summed E-state index contributed by atoms with van der Waals surface area (Å²) < 4.78 is 1.66. The maximum absolute atomic E-state index is 12.3. The predicted molar refractivity (Wildman–Crippen MR) is 110 cm³/mol. The molecule has 0 amide bonds. The maximum Gasteiger partial charge on any atom is 0.267 e. The molecule has 1 aromatic carbocycles. The number of fused-ring (bicyclic) bond motifs is 2. The Labute approximate surface area is 164 Å². The maximum atomic E-state index is 12.3. The molecule has 3 aromatic rings. The van der Waals surface area contributed by atoms with E-state index in [4.69, 9.17) is 4.98 Å². The smallest absolute Gasteiger partial charge is 0.267 e. The molecule has 2 aromatic heterocycles. The molecule has 2 aliphatic rings. The van der Waals surface area contributed by atoms with Crippen molar-refractivity contribution in [1.82, 2.24) is 24.6 Å². The molecule has 7 nitrogen and oxygen atoms in total. The van der Waals surface area contributed by atoms with Gasteiger partial charge in [-0.15, -0.1) is 0 Å². The Hall–Kier alpha value is -2.67. The number of nitrogens with one attached hydrogen (secondary N) is 1. The van der Waals surface area contributed by atoms with Crippen LogP contribution < -0.4 is 10.5 Å². The standard InChI is InChI=1S/C21H26N6O/c28-20-15-16-5-1-2-6-17(16)24-27(20)14-11-25-9-12-26(13-10-25)21-22-18-7-3-4-8-19(18)23-21/h3-4,7-8,15H,1-2,5-6,9-14H2,(H,22,23). The number of H-pyrrole nitrogens is 1. The van der Waals surface area contributed by atoms with Gasteiger partial charge in [-0.2, -0.15) is 5.10 Å². The highest BCUT2D eigenvalue weighted by molar-refractivity contribution is 5.77. The number of hydrogen-bond acceptors (Lipinski definition) is 5. The third kappa shape index (κ3) is 3.42. The van der Waals surface area contributed by atoms with Crippen LogP contribution in [0.3, 0.4) is 0 Å². The third-order valence-corrected chi connectivity index (χ3v) is 5.95. The minimum Gasteiger partial charge on any atom is -0.340 e. The fraction of sp³-hybridized carbons (Fsp3) is 0.476. The summed E-state index contributed by atoms with van der Waals surface area (Å²) in [6.45, 7) is 5.34. The van der Waals surface area contributed by atoms with E-state index in [1.165, 1.54) is 12.8 Å². The number of imidazole rings is 1. The van der Waals surface area contributed by atoms with Crippen molar-refractivity contribution in [3.8, 4) is 0 Å².